The number of aromatic nitrogens is 2. The number of benzene rings is 3. The summed E-state index contributed by atoms with van der Waals surface area (Å²) in [6, 6.07) is 15.5. The third kappa shape index (κ3) is 3.76. The molecule has 2 unspecified atom stereocenters. The van der Waals surface area contributed by atoms with Crippen molar-refractivity contribution in [2.24, 2.45) is 13.0 Å². The van der Waals surface area contributed by atoms with Crippen molar-refractivity contribution < 1.29 is 18.7 Å². The average molecular weight is 485 g/mol. The highest BCUT2D eigenvalue weighted by Crippen LogP contribution is 2.49. The summed E-state index contributed by atoms with van der Waals surface area (Å²) < 4.78 is 28.5. The largest absolute Gasteiger partial charge is 0.486 e. The number of carbonyl (C=O) groups excluding carboxylic acids is 1. The van der Waals surface area contributed by atoms with Crippen LogP contribution in [0.4, 0.5) is 4.39 Å². The Hall–Kier alpha value is -3.67. The summed E-state index contributed by atoms with van der Waals surface area (Å²) in [5, 5.41) is 5.52. The van der Waals surface area contributed by atoms with E-state index in [2.05, 4.69) is 24.2 Å². The first kappa shape index (κ1) is 22.8. The van der Waals surface area contributed by atoms with Crippen LogP contribution in [-0.4, -0.2) is 22.4 Å². The van der Waals surface area contributed by atoms with Gasteiger partial charge in [0.15, 0.2) is 0 Å². The molecule has 6 heteroatoms. The first-order valence-electron chi connectivity index (χ1n) is 12.6. The molecule has 1 aromatic heterocycles. The van der Waals surface area contributed by atoms with E-state index in [9.17, 15) is 4.79 Å². The fourth-order valence-electron chi connectivity index (χ4n) is 5.75. The molecule has 2 aliphatic carbocycles. The molecule has 1 fully saturated rings. The third-order valence-corrected chi connectivity index (χ3v) is 7.66. The van der Waals surface area contributed by atoms with Gasteiger partial charge in [-0.25, -0.2) is 4.39 Å². The molecule has 3 atom stereocenters. The van der Waals surface area contributed by atoms with Gasteiger partial charge in [-0.2, -0.15) is 5.10 Å². The molecule has 1 saturated carbocycles. The molecule has 0 radical (unpaired) electrons. The second-order valence-electron chi connectivity index (χ2n) is 9.86. The van der Waals surface area contributed by atoms with Crippen LogP contribution in [-0.2, 0) is 23.0 Å². The topological polar surface area (TPSA) is 53.4 Å². The Kier molecular flexibility index (Phi) is 5.55. The van der Waals surface area contributed by atoms with Crippen molar-refractivity contribution >= 4 is 16.9 Å². The zero-order valence-electron chi connectivity index (χ0n) is 20.8. The number of carbonyl (C=O) groups is 1. The number of fused-ring (bicyclic) bond motifs is 2. The Morgan fingerprint density at radius 2 is 1.94 bits per heavy atom. The lowest BCUT2D eigenvalue weighted by atomic mass is 9.91. The summed E-state index contributed by atoms with van der Waals surface area (Å²) >= 11 is 0. The molecule has 6 rings (SSSR count). The predicted molar refractivity (Wildman–Crippen MR) is 136 cm³/mol. The Labute approximate surface area is 209 Å². The van der Waals surface area contributed by atoms with Gasteiger partial charge in [0.25, 0.3) is 0 Å². The maximum Gasteiger partial charge on any atom is 0.309 e. The number of hydrogen-bond donors (Lipinski definition) is 0. The smallest absolute Gasteiger partial charge is 0.309 e. The van der Waals surface area contributed by atoms with Crippen molar-refractivity contribution in [3.8, 4) is 16.9 Å². The summed E-state index contributed by atoms with van der Waals surface area (Å²) in [6.45, 7) is 4.33. The number of ether oxygens (including phenoxy) is 2. The van der Waals surface area contributed by atoms with Crippen molar-refractivity contribution in [1.82, 2.24) is 9.78 Å². The lowest BCUT2D eigenvalue weighted by Gasteiger charge is -2.18. The van der Waals surface area contributed by atoms with Crippen LogP contribution in [0.5, 0.6) is 5.75 Å². The molecule has 0 saturated heterocycles. The molecule has 0 N–H and O–H groups in total. The minimum Gasteiger partial charge on any atom is -0.486 e. The van der Waals surface area contributed by atoms with Gasteiger partial charge in [0.2, 0.25) is 0 Å². The van der Waals surface area contributed by atoms with Crippen LogP contribution in [0.25, 0.3) is 22.0 Å². The van der Waals surface area contributed by atoms with Gasteiger partial charge in [0.05, 0.1) is 24.2 Å². The molecule has 5 nitrogen and oxygen atoms in total. The van der Waals surface area contributed by atoms with Crippen molar-refractivity contribution in [2.45, 2.75) is 45.1 Å². The highest BCUT2D eigenvalue weighted by Gasteiger charge is 2.45. The lowest BCUT2D eigenvalue weighted by Crippen LogP contribution is -2.07. The molecule has 184 valence electrons. The van der Waals surface area contributed by atoms with E-state index in [4.69, 9.17) is 9.47 Å². The molecule has 1 heterocycles. The Morgan fingerprint density at radius 3 is 2.72 bits per heavy atom. The highest BCUT2D eigenvalue weighted by molar-refractivity contribution is 5.97. The van der Waals surface area contributed by atoms with E-state index in [0.717, 1.165) is 58.0 Å². The van der Waals surface area contributed by atoms with E-state index in [1.807, 2.05) is 55.2 Å². The summed E-state index contributed by atoms with van der Waals surface area (Å²) in [6.07, 6.45) is 3.86. The van der Waals surface area contributed by atoms with Gasteiger partial charge in [0.1, 0.15) is 17.7 Å². The number of hydrogen-bond acceptors (Lipinski definition) is 4. The van der Waals surface area contributed by atoms with Crippen molar-refractivity contribution in [2.75, 3.05) is 6.61 Å². The summed E-state index contributed by atoms with van der Waals surface area (Å²) in [7, 11) is 1.94. The fraction of sp³-hybridized carbons (Fsp3) is 0.333. The molecule has 2 aliphatic rings. The van der Waals surface area contributed by atoms with E-state index >= 15 is 4.39 Å². The van der Waals surface area contributed by atoms with Crippen LogP contribution >= 0.6 is 0 Å². The molecular weight excluding hydrogens is 455 g/mol. The Balaban J connectivity index is 1.27. The highest BCUT2D eigenvalue weighted by atomic mass is 19.1. The number of esters is 1. The molecule has 0 spiro atoms. The van der Waals surface area contributed by atoms with E-state index < -0.39 is 0 Å². The Bertz CT molecular complexity index is 1470. The first-order valence-corrected chi connectivity index (χ1v) is 12.6. The van der Waals surface area contributed by atoms with Gasteiger partial charge in [-0.1, -0.05) is 24.3 Å². The van der Waals surface area contributed by atoms with Crippen molar-refractivity contribution in [3.05, 3.63) is 82.8 Å². The Morgan fingerprint density at radius 1 is 1.14 bits per heavy atom. The molecule has 0 bridgehead atoms. The molecular formula is C30H29FN2O3. The maximum atomic E-state index is 15.2. The van der Waals surface area contributed by atoms with E-state index in [1.165, 1.54) is 0 Å². The van der Waals surface area contributed by atoms with Gasteiger partial charge in [-0.05, 0) is 91.1 Å². The average Bonchev–Trinajstić information content (AvgIpc) is 3.44. The van der Waals surface area contributed by atoms with E-state index in [-0.39, 0.29) is 29.7 Å². The number of aryl methyl sites for hydroxylation is 2. The fourth-order valence-corrected chi connectivity index (χ4v) is 5.75. The summed E-state index contributed by atoms with van der Waals surface area (Å²) in [5.41, 5.74) is 7.16. The van der Waals surface area contributed by atoms with Crippen LogP contribution in [0.15, 0.2) is 54.7 Å². The zero-order chi connectivity index (χ0) is 25.0. The van der Waals surface area contributed by atoms with Gasteiger partial charge >= 0.3 is 5.97 Å². The van der Waals surface area contributed by atoms with Crippen LogP contribution in [0.3, 0.4) is 0 Å². The molecule has 0 amide bonds. The second kappa shape index (κ2) is 8.77. The van der Waals surface area contributed by atoms with Crippen LogP contribution in [0.2, 0.25) is 0 Å². The summed E-state index contributed by atoms with van der Waals surface area (Å²) in [5.74, 6) is 0.538. The number of nitrogens with zero attached hydrogens (tertiary/aromatic N) is 2. The van der Waals surface area contributed by atoms with Crippen LogP contribution < -0.4 is 4.74 Å². The molecule has 3 aromatic carbocycles. The van der Waals surface area contributed by atoms with Gasteiger partial charge in [-0.15, -0.1) is 0 Å². The normalized spacial score (nSPS) is 20.4. The lowest BCUT2D eigenvalue weighted by molar-refractivity contribution is -0.144. The van der Waals surface area contributed by atoms with E-state index in [0.29, 0.717) is 17.9 Å². The van der Waals surface area contributed by atoms with Gasteiger partial charge in [-0.3, -0.25) is 9.48 Å². The molecule has 36 heavy (non-hydrogen) atoms. The van der Waals surface area contributed by atoms with Crippen LogP contribution in [0.1, 0.15) is 54.0 Å². The summed E-state index contributed by atoms with van der Waals surface area (Å²) in [4.78, 5) is 12.0. The van der Waals surface area contributed by atoms with Crippen LogP contribution in [0, 0.1) is 18.7 Å². The first-order chi connectivity index (χ1) is 17.5. The molecule has 4 aromatic rings. The number of rotatable bonds is 6. The predicted octanol–water partition coefficient (Wildman–Crippen LogP) is 6.42. The standard InChI is InChI=1S/C30H29FN2O3/c1-4-35-30(34)23-15-22(23)18-6-8-19(9-7-18)36-27-14-11-21-20(10-12-25(31)29(21)27)28-17(2)5-13-26-24(28)16-32-33(26)3/h5-10,12-13,16,22-23,27H,4,11,14-15H2,1-3H3/t22?,23-,27?/m0/s1. The van der Waals surface area contributed by atoms with Gasteiger partial charge in [0, 0.05) is 18.0 Å². The minimum absolute atomic E-state index is 0.0429. The maximum absolute atomic E-state index is 15.2. The van der Waals surface area contributed by atoms with Crippen molar-refractivity contribution in [3.63, 3.8) is 0 Å². The molecule has 0 aliphatic heterocycles. The number of halogens is 1. The quantitative estimate of drug-likeness (QED) is 0.296. The van der Waals surface area contributed by atoms with E-state index in [1.54, 1.807) is 6.07 Å². The van der Waals surface area contributed by atoms with Crippen molar-refractivity contribution in [1.29, 1.82) is 0 Å². The SMILES string of the molecule is CCOC(=O)[C@H]1CC1c1ccc(OC2CCc3c(-c4c(C)ccc5c4cnn5C)ccc(F)c32)cc1. The second-order valence-corrected chi connectivity index (χ2v) is 9.86. The minimum atomic E-state index is -0.340. The van der Waals surface area contributed by atoms with Gasteiger partial charge < -0.3 is 9.47 Å². The third-order valence-electron chi connectivity index (χ3n) is 7.66. The zero-order valence-corrected chi connectivity index (χ0v) is 20.8. The monoisotopic (exact) mass is 484 g/mol.